The molecule has 0 aliphatic heterocycles. The first-order chi connectivity index (χ1) is 6.13. The van der Waals surface area contributed by atoms with Crippen LogP contribution in [0.15, 0.2) is 12.1 Å². The van der Waals surface area contributed by atoms with Crippen LogP contribution in [0.1, 0.15) is 25.1 Å². The molecule has 0 N–H and O–H groups in total. The van der Waals surface area contributed by atoms with Gasteiger partial charge in [-0.25, -0.2) is 4.98 Å². The Kier molecular flexibility index (Phi) is 3.73. The molecule has 1 heterocycles. The van der Waals surface area contributed by atoms with Crippen molar-refractivity contribution in [3.05, 3.63) is 35.0 Å². The predicted octanol–water partition coefficient (Wildman–Crippen LogP) is 3.45. The van der Waals surface area contributed by atoms with Crippen LogP contribution in [-0.4, -0.2) is 4.98 Å². The van der Waals surface area contributed by atoms with Crippen molar-refractivity contribution in [1.29, 1.82) is 0 Å². The van der Waals surface area contributed by atoms with E-state index in [1.165, 1.54) is 0 Å². The highest BCUT2D eigenvalue weighted by Crippen LogP contribution is 2.18. The molecule has 0 aromatic carbocycles. The van der Waals surface area contributed by atoms with Crippen LogP contribution in [0.25, 0.3) is 0 Å². The monoisotopic (exact) mass is 196 g/mol. The Morgan fingerprint density at radius 2 is 2.23 bits per heavy atom. The van der Waals surface area contributed by atoms with Crippen LogP contribution in [0.2, 0.25) is 5.15 Å². The Bertz CT molecular complexity index is 283. The van der Waals surface area contributed by atoms with Gasteiger partial charge >= 0.3 is 0 Å². The lowest BCUT2D eigenvalue weighted by molar-refractivity contribution is 0.668. The predicted molar refractivity (Wildman–Crippen MR) is 56.8 cm³/mol. The number of nitrogens with zero attached hydrogens (tertiary/aromatic N) is 1. The summed E-state index contributed by atoms with van der Waals surface area (Å²) in [5.41, 5.74) is 2.11. The van der Waals surface area contributed by atoms with Crippen LogP contribution in [-0.2, 0) is 6.42 Å². The Labute approximate surface area is 85.1 Å². The van der Waals surface area contributed by atoms with Gasteiger partial charge in [0.1, 0.15) is 5.15 Å². The molecule has 1 atom stereocenters. The lowest BCUT2D eigenvalue weighted by Crippen LogP contribution is -2.00. The topological polar surface area (TPSA) is 12.9 Å². The molecule has 0 saturated carbocycles. The van der Waals surface area contributed by atoms with Gasteiger partial charge in [0.2, 0.25) is 0 Å². The van der Waals surface area contributed by atoms with Gasteiger partial charge < -0.3 is 0 Å². The summed E-state index contributed by atoms with van der Waals surface area (Å²) in [5.74, 6) is 0.557. The molecule has 1 radical (unpaired) electrons. The molecule has 1 aromatic rings. The quantitative estimate of drug-likeness (QED) is 0.675. The highest BCUT2D eigenvalue weighted by molar-refractivity contribution is 6.30. The summed E-state index contributed by atoms with van der Waals surface area (Å²) in [7, 11) is 0. The Morgan fingerprint density at radius 3 is 2.77 bits per heavy atom. The SMILES string of the molecule is C[CH]C(C)Cc1ccc(C)nc1Cl. The van der Waals surface area contributed by atoms with Crippen LogP contribution in [0.5, 0.6) is 0 Å². The lowest BCUT2D eigenvalue weighted by atomic mass is 10.0. The summed E-state index contributed by atoms with van der Waals surface area (Å²) in [5, 5.41) is 0.647. The number of hydrogen-bond donors (Lipinski definition) is 0. The molecule has 1 nitrogen and oxygen atoms in total. The number of aryl methyl sites for hydroxylation is 1. The van der Waals surface area contributed by atoms with E-state index in [4.69, 9.17) is 11.6 Å². The van der Waals surface area contributed by atoms with E-state index in [0.717, 1.165) is 17.7 Å². The van der Waals surface area contributed by atoms with Gasteiger partial charge in [0, 0.05) is 5.69 Å². The highest BCUT2D eigenvalue weighted by atomic mass is 35.5. The second-order valence-electron chi connectivity index (χ2n) is 3.42. The normalized spacial score (nSPS) is 12.9. The van der Waals surface area contributed by atoms with E-state index in [-0.39, 0.29) is 0 Å². The molecule has 71 valence electrons. The molecule has 0 aliphatic carbocycles. The number of halogens is 1. The van der Waals surface area contributed by atoms with Crippen molar-refractivity contribution >= 4 is 11.6 Å². The zero-order valence-corrected chi connectivity index (χ0v) is 9.10. The fourth-order valence-corrected chi connectivity index (χ4v) is 1.44. The van der Waals surface area contributed by atoms with Crippen LogP contribution in [0.4, 0.5) is 0 Å². The average Bonchev–Trinajstić information content (AvgIpc) is 2.09. The van der Waals surface area contributed by atoms with Crippen LogP contribution >= 0.6 is 11.6 Å². The summed E-state index contributed by atoms with van der Waals surface area (Å²) in [6, 6.07) is 4.06. The molecule has 1 aromatic heterocycles. The van der Waals surface area contributed by atoms with Gasteiger partial charge in [0.25, 0.3) is 0 Å². The maximum Gasteiger partial charge on any atom is 0.132 e. The first kappa shape index (κ1) is 10.5. The number of rotatable bonds is 3. The fourth-order valence-electron chi connectivity index (χ4n) is 1.17. The van der Waals surface area contributed by atoms with Crippen molar-refractivity contribution in [2.75, 3.05) is 0 Å². The summed E-state index contributed by atoms with van der Waals surface area (Å²) in [6.07, 6.45) is 3.15. The minimum atomic E-state index is 0.557. The smallest absolute Gasteiger partial charge is 0.132 e. The molecule has 2 heteroatoms. The van der Waals surface area contributed by atoms with Gasteiger partial charge in [-0.3, -0.25) is 0 Å². The number of aromatic nitrogens is 1. The van der Waals surface area contributed by atoms with Gasteiger partial charge in [0.05, 0.1) is 0 Å². The van der Waals surface area contributed by atoms with E-state index in [2.05, 4.69) is 31.3 Å². The van der Waals surface area contributed by atoms with Crippen molar-refractivity contribution in [1.82, 2.24) is 4.98 Å². The third-order valence-corrected chi connectivity index (χ3v) is 2.50. The van der Waals surface area contributed by atoms with Crippen molar-refractivity contribution in [3.8, 4) is 0 Å². The molecule has 0 amide bonds. The highest BCUT2D eigenvalue weighted by Gasteiger charge is 2.05. The minimum absolute atomic E-state index is 0.557. The summed E-state index contributed by atoms with van der Waals surface area (Å²) in [6.45, 7) is 6.20. The molecular formula is C11H15ClN. The van der Waals surface area contributed by atoms with Crippen molar-refractivity contribution < 1.29 is 0 Å². The Balaban J connectivity index is 2.77. The molecule has 1 rings (SSSR count). The van der Waals surface area contributed by atoms with E-state index in [0.29, 0.717) is 11.1 Å². The van der Waals surface area contributed by atoms with Crippen molar-refractivity contribution in [2.45, 2.75) is 27.2 Å². The van der Waals surface area contributed by atoms with E-state index < -0.39 is 0 Å². The molecule has 1 unspecified atom stereocenters. The summed E-state index contributed by atoms with van der Waals surface area (Å²) < 4.78 is 0. The van der Waals surface area contributed by atoms with Gasteiger partial charge in [-0.1, -0.05) is 31.5 Å². The Morgan fingerprint density at radius 1 is 1.54 bits per heavy atom. The third-order valence-electron chi connectivity index (χ3n) is 2.18. The van der Waals surface area contributed by atoms with Crippen LogP contribution in [0, 0.1) is 19.3 Å². The first-order valence-corrected chi connectivity index (χ1v) is 4.92. The standard InChI is InChI=1S/C11H15ClN/c1-4-8(2)7-10-6-5-9(3)13-11(10)12/h4-6,8H,7H2,1-3H3. The van der Waals surface area contributed by atoms with E-state index >= 15 is 0 Å². The van der Waals surface area contributed by atoms with E-state index in [1.54, 1.807) is 0 Å². The van der Waals surface area contributed by atoms with Gasteiger partial charge in [-0.15, -0.1) is 0 Å². The molecule has 0 bridgehead atoms. The molecule has 0 spiro atoms. The molecule has 0 fully saturated rings. The Hall–Kier alpha value is -0.560. The van der Waals surface area contributed by atoms with Gasteiger partial charge in [-0.2, -0.15) is 0 Å². The zero-order valence-electron chi connectivity index (χ0n) is 8.34. The number of pyridine rings is 1. The zero-order chi connectivity index (χ0) is 9.84. The summed E-state index contributed by atoms with van der Waals surface area (Å²) in [4.78, 5) is 4.21. The minimum Gasteiger partial charge on any atom is -0.241 e. The molecule has 0 aliphatic rings. The third kappa shape index (κ3) is 3.00. The first-order valence-electron chi connectivity index (χ1n) is 4.55. The second-order valence-corrected chi connectivity index (χ2v) is 3.78. The number of hydrogen-bond acceptors (Lipinski definition) is 1. The maximum atomic E-state index is 6.01. The second kappa shape index (κ2) is 4.61. The van der Waals surface area contributed by atoms with Crippen molar-refractivity contribution in [3.63, 3.8) is 0 Å². The lowest BCUT2D eigenvalue weighted by Gasteiger charge is -2.09. The summed E-state index contributed by atoms with van der Waals surface area (Å²) >= 11 is 6.01. The molecular weight excluding hydrogens is 182 g/mol. The van der Waals surface area contributed by atoms with Crippen molar-refractivity contribution in [2.24, 2.45) is 5.92 Å². The average molecular weight is 197 g/mol. The van der Waals surface area contributed by atoms with Gasteiger partial charge in [-0.05, 0) is 37.3 Å². The van der Waals surface area contributed by atoms with Crippen LogP contribution in [0.3, 0.4) is 0 Å². The maximum absolute atomic E-state index is 6.01. The largest absolute Gasteiger partial charge is 0.241 e. The van der Waals surface area contributed by atoms with Crippen LogP contribution < -0.4 is 0 Å². The van der Waals surface area contributed by atoms with E-state index in [9.17, 15) is 0 Å². The molecule has 0 saturated heterocycles. The molecule has 13 heavy (non-hydrogen) atoms. The fraction of sp³-hybridized carbons (Fsp3) is 0.455. The van der Waals surface area contributed by atoms with Gasteiger partial charge in [0.15, 0.2) is 0 Å². The van der Waals surface area contributed by atoms with E-state index in [1.807, 2.05) is 13.0 Å².